The highest BCUT2D eigenvalue weighted by molar-refractivity contribution is 9.10. The maximum Gasteiger partial charge on any atom is 0.323 e. The molecule has 1 fully saturated rings. The van der Waals surface area contributed by atoms with E-state index >= 15 is 0 Å². The molecule has 0 aromatic heterocycles. The van der Waals surface area contributed by atoms with Gasteiger partial charge in [-0.1, -0.05) is 17.7 Å². The zero-order valence-electron chi connectivity index (χ0n) is 10.6. The first-order valence-corrected chi connectivity index (χ1v) is 7.36. The lowest BCUT2D eigenvalue weighted by atomic mass is 10.3. The highest BCUT2D eigenvalue weighted by Crippen LogP contribution is 2.32. The van der Waals surface area contributed by atoms with Gasteiger partial charge in [0.2, 0.25) is 0 Å². The number of nitrogens with one attached hydrogen (secondary N) is 1. The van der Waals surface area contributed by atoms with E-state index < -0.39 is 12.0 Å². The molecular formula is C13H14BrClN2O3. The van der Waals surface area contributed by atoms with Gasteiger partial charge in [-0.25, -0.2) is 4.79 Å². The number of carboxylic acids is 1. The van der Waals surface area contributed by atoms with Crippen LogP contribution in [0.15, 0.2) is 22.7 Å². The second kappa shape index (κ2) is 6.45. The summed E-state index contributed by atoms with van der Waals surface area (Å²) in [4.78, 5) is 24.3. The normalized spacial score (nSPS) is 13.9. The van der Waals surface area contributed by atoms with Gasteiger partial charge < -0.3 is 15.3 Å². The molecular weight excluding hydrogens is 348 g/mol. The molecule has 0 unspecified atom stereocenters. The molecule has 2 N–H and O–H groups in total. The van der Waals surface area contributed by atoms with E-state index in [1.54, 1.807) is 18.2 Å². The molecule has 1 saturated carbocycles. The van der Waals surface area contributed by atoms with Gasteiger partial charge in [-0.05, 0) is 46.8 Å². The largest absolute Gasteiger partial charge is 0.480 e. The fourth-order valence-corrected chi connectivity index (χ4v) is 2.33. The van der Waals surface area contributed by atoms with E-state index in [2.05, 4.69) is 21.2 Å². The number of benzene rings is 1. The summed E-state index contributed by atoms with van der Waals surface area (Å²) in [5.41, 5.74) is 0.522. The summed E-state index contributed by atoms with van der Waals surface area (Å²) in [7, 11) is 0. The van der Waals surface area contributed by atoms with Crippen LogP contribution in [0, 0.1) is 5.92 Å². The van der Waals surface area contributed by atoms with Crippen LogP contribution in [0.4, 0.5) is 10.5 Å². The molecule has 1 aromatic carbocycles. The van der Waals surface area contributed by atoms with Crippen LogP contribution >= 0.6 is 27.5 Å². The molecule has 2 rings (SSSR count). The van der Waals surface area contributed by atoms with Crippen LogP contribution in [0.5, 0.6) is 0 Å². The number of aliphatic carboxylic acids is 1. The van der Waals surface area contributed by atoms with Gasteiger partial charge in [0.25, 0.3) is 0 Å². The van der Waals surface area contributed by atoms with Crippen LogP contribution < -0.4 is 5.32 Å². The van der Waals surface area contributed by atoms with Crippen LogP contribution in [-0.4, -0.2) is 35.1 Å². The highest BCUT2D eigenvalue weighted by Gasteiger charge is 2.28. The Labute approximate surface area is 130 Å². The molecule has 1 aliphatic carbocycles. The van der Waals surface area contributed by atoms with Crippen LogP contribution in [0.3, 0.4) is 0 Å². The molecule has 2 amide bonds. The Morgan fingerprint density at radius 1 is 1.45 bits per heavy atom. The van der Waals surface area contributed by atoms with Gasteiger partial charge in [0.15, 0.2) is 0 Å². The van der Waals surface area contributed by atoms with Gasteiger partial charge in [-0.15, -0.1) is 0 Å². The lowest BCUT2D eigenvalue weighted by Crippen LogP contribution is -2.40. The van der Waals surface area contributed by atoms with Gasteiger partial charge in [-0.3, -0.25) is 4.79 Å². The van der Waals surface area contributed by atoms with Gasteiger partial charge >= 0.3 is 12.0 Å². The average Bonchev–Trinajstić information content (AvgIpc) is 3.17. The lowest BCUT2D eigenvalue weighted by Gasteiger charge is -2.21. The van der Waals surface area contributed by atoms with Crippen LogP contribution in [0.1, 0.15) is 12.8 Å². The Morgan fingerprint density at radius 3 is 2.75 bits per heavy atom. The lowest BCUT2D eigenvalue weighted by molar-refractivity contribution is -0.137. The van der Waals surface area contributed by atoms with Gasteiger partial charge in [0.1, 0.15) is 6.54 Å². The SMILES string of the molecule is O=C(O)CN(CC1CC1)C(=O)Nc1cccc(Cl)c1Br. The van der Waals surface area contributed by atoms with Crippen molar-refractivity contribution in [1.82, 2.24) is 4.90 Å². The third-order valence-corrected chi connectivity index (χ3v) is 4.38. The minimum absolute atomic E-state index is 0.305. The minimum atomic E-state index is -1.02. The van der Waals surface area contributed by atoms with E-state index in [9.17, 15) is 9.59 Å². The number of anilines is 1. The predicted octanol–water partition coefficient (Wildman–Crippen LogP) is 3.43. The highest BCUT2D eigenvalue weighted by atomic mass is 79.9. The third kappa shape index (κ3) is 4.11. The monoisotopic (exact) mass is 360 g/mol. The van der Waals surface area contributed by atoms with E-state index in [1.165, 1.54) is 4.90 Å². The van der Waals surface area contributed by atoms with E-state index in [0.29, 0.717) is 27.6 Å². The smallest absolute Gasteiger partial charge is 0.323 e. The molecule has 0 spiro atoms. The van der Waals surface area contributed by atoms with Crippen molar-refractivity contribution in [3.8, 4) is 0 Å². The van der Waals surface area contributed by atoms with Crippen molar-refractivity contribution in [2.24, 2.45) is 5.92 Å². The predicted molar refractivity (Wildman–Crippen MR) is 80.1 cm³/mol. The summed E-state index contributed by atoms with van der Waals surface area (Å²) in [5, 5.41) is 12.0. The quantitative estimate of drug-likeness (QED) is 0.844. The van der Waals surface area contributed by atoms with Crippen molar-refractivity contribution in [1.29, 1.82) is 0 Å². The van der Waals surface area contributed by atoms with Crippen LogP contribution in [-0.2, 0) is 4.79 Å². The molecule has 0 saturated heterocycles. The Morgan fingerprint density at radius 2 is 2.15 bits per heavy atom. The summed E-state index contributed by atoms with van der Waals surface area (Å²) in [5.74, 6) is -0.603. The van der Waals surface area contributed by atoms with Crippen molar-refractivity contribution < 1.29 is 14.7 Å². The first-order chi connectivity index (χ1) is 9.47. The molecule has 0 radical (unpaired) electrons. The van der Waals surface area contributed by atoms with E-state index in [4.69, 9.17) is 16.7 Å². The second-order valence-electron chi connectivity index (χ2n) is 4.75. The molecule has 108 valence electrons. The number of rotatable bonds is 5. The minimum Gasteiger partial charge on any atom is -0.480 e. The number of hydrogen-bond donors (Lipinski definition) is 2. The number of carbonyl (C=O) groups excluding carboxylic acids is 1. The molecule has 0 aliphatic heterocycles. The fraction of sp³-hybridized carbons (Fsp3) is 0.385. The number of nitrogens with zero attached hydrogens (tertiary/aromatic N) is 1. The Bertz CT molecular complexity index is 534. The fourth-order valence-electron chi connectivity index (χ4n) is 1.79. The van der Waals surface area contributed by atoms with Gasteiger partial charge in [0.05, 0.1) is 15.2 Å². The maximum absolute atomic E-state index is 12.2. The van der Waals surface area contributed by atoms with Gasteiger partial charge in [-0.2, -0.15) is 0 Å². The average molecular weight is 362 g/mol. The first kappa shape index (κ1) is 15.1. The summed E-state index contributed by atoms with van der Waals surface area (Å²) in [6, 6.07) is 4.68. The second-order valence-corrected chi connectivity index (χ2v) is 5.95. The summed E-state index contributed by atoms with van der Waals surface area (Å²) >= 11 is 9.24. The first-order valence-electron chi connectivity index (χ1n) is 6.19. The molecule has 0 atom stereocenters. The summed E-state index contributed by atoms with van der Waals surface area (Å²) in [6.45, 7) is 0.164. The molecule has 1 aromatic rings. The number of carbonyl (C=O) groups is 2. The van der Waals surface area contributed by atoms with E-state index in [-0.39, 0.29) is 6.54 Å². The number of hydrogen-bond acceptors (Lipinski definition) is 2. The zero-order chi connectivity index (χ0) is 14.7. The van der Waals surface area contributed by atoms with Crippen molar-refractivity contribution in [3.05, 3.63) is 27.7 Å². The number of urea groups is 1. The molecule has 0 bridgehead atoms. The molecule has 0 heterocycles. The number of amides is 2. The summed E-state index contributed by atoms with van der Waals surface area (Å²) in [6.07, 6.45) is 2.09. The van der Waals surface area contributed by atoms with E-state index in [1.807, 2.05) is 0 Å². The molecule has 1 aliphatic rings. The Hall–Kier alpha value is -1.27. The van der Waals surface area contributed by atoms with Crippen molar-refractivity contribution in [2.75, 3.05) is 18.4 Å². The third-order valence-electron chi connectivity index (χ3n) is 2.98. The topological polar surface area (TPSA) is 69.6 Å². The van der Waals surface area contributed by atoms with E-state index in [0.717, 1.165) is 12.8 Å². The van der Waals surface area contributed by atoms with Crippen molar-refractivity contribution in [2.45, 2.75) is 12.8 Å². The standard InChI is InChI=1S/C13H14BrClN2O3/c14-12-9(15)2-1-3-10(12)16-13(20)17(7-11(18)19)6-8-4-5-8/h1-3,8H,4-7H2,(H,16,20)(H,18,19). The zero-order valence-corrected chi connectivity index (χ0v) is 12.9. The Balaban J connectivity index is 2.06. The van der Waals surface area contributed by atoms with Crippen LogP contribution in [0.2, 0.25) is 5.02 Å². The molecule has 20 heavy (non-hydrogen) atoms. The molecule has 7 heteroatoms. The van der Waals surface area contributed by atoms with Crippen molar-refractivity contribution in [3.63, 3.8) is 0 Å². The summed E-state index contributed by atoms with van der Waals surface area (Å²) < 4.78 is 0.580. The van der Waals surface area contributed by atoms with Gasteiger partial charge in [0, 0.05) is 6.54 Å². The molecule has 5 nitrogen and oxygen atoms in total. The Kier molecular flexibility index (Phi) is 4.88. The van der Waals surface area contributed by atoms with Crippen LogP contribution in [0.25, 0.3) is 0 Å². The maximum atomic E-state index is 12.2. The number of carboxylic acid groups (broad SMARTS) is 1. The van der Waals surface area contributed by atoms with Crippen molar-refractivity contribution >= 4 is 45.2 Å². The number of halogens is 2.